The van der Waals surface area contributed by atoms with Gasteiger partial charge >= 0.3 is 0 Å². The summed E-state index contributed by atoms with van der Waals surface area (Å²) in [6, 6.07) is 5.25. The Morgan fingerprint density at radius 3 is 0.846 bits per heavy atom. The van der Waals surface area contributed by atoms with Gasteiger partial charge in [0.1, 0.15) is 0 Å². The normalized spacial score (nSPS) is 4.77. The van der Waals surface area contributed by atoms with E-state index >= 15 is 0 Å². The molecule has 0 saturated heterocycles. The number of halogens is 2. The van der Waals surface area contributed by atoms with Gasteiger partial charge in [0, 0.05) is 31.8 Å². The molecule has 0 spiro atoms. The second-order valence-corrected chi connectivity index (χ2v) is 1.43. The minimum atomic E-state index is 1.24. The van der Waals surface area contributed by atoms with Gasteiger partial charge < -0.3 is 0 Å². The van der Waals surface area contributed by atoms with Crippen molar-refractivity contribution in [3.63, 3.8) is 0 Å². The zero-order chi connectivity index (χ0) is 11.5. The van der Waals surface area contributed by atoms with E-state index in [4.69, 9.17) is 39.0 Å². The van der Waals surface area contributed by atoms with Crippen LogP contribution in [0.15, 0.2) is 11.1 Å². The van der Waals surface area contributed by atoms with Gasteiger partial charge in [0.15, 0.2) is 0 Å². The Bertz CT molecular complexity index is 160. The van der Waals surface area contributed by atoms with Crippen molar-refractivity contribution in [2.45, 2.75) is 20.8 Å². The van der Waals surface area contributed by atoms with Crippen LogP contribution in [0.4, 0.5) is 0 Å². The Morgan fingerprint density at radius 1 is 0.769 bits per heavy atom. The predicted octanol–water partition coefficient (Wildman–Crippen LogP) is 3.52. The van der Waals surface area contributed by atoms with Gasteiger partial charge in [-0.1, -0.05) is 23.2 Å². The average molecular weight is 220 g/mol. The molecule has 72 valence electrons. The highest BCUT2D eigenvalue weighted by molar-refractivity contribution is 6.33. The first-order chi connectivity index (χ1) is 6.16. The van der Waals surface area contributed by atoms with Crippen molar-refractivity contribution in [1.29, 1.82) is 15.8 Å². The lowest BCUT2D eigenvalue weighted by atomic mass is 11.0. The maximum Gasteiger partial charge on any atom is 0.0587 e. The molecule has 3 nitrogen and oxygen atoms in total. The first-order valence-electron chi connectivity index (χ1n) is 2.94. The zero-order valence-corrected chi connectivity index (χ0v) is 9.26. The first kappa shape index (κ1) is 22.6. The standard InChI is InChI=1S/C2H2Cl2.3C2H3N/c3-1-2-4;3*1-2-3/h1-2H;3*1H3. The van der Waals surface area contributed by atoms with Crippen molar-refractivity contribution < 1.29 is 0 Å². The Labute approximate surface area is 89.4 Å². The molecule has 0 N–H and O–H groups in total. The lowest BCUT2D eigenvalue weighted by Crippen LogP contribution is -1.11. The molecule has 0 atom stereocenters. The number of nitrogens with zero attached hydrogens (tertiary/aromatic N) is 3. The fourth-order valence-corrected chi connectivity index (χ4v) is 0. The van der Waals surface area contributed by atoms with Gasteiger partial charge in [-0.15, -0.1) is 0 Å². The van der Waals surface area contributed by atoms with E-state index in [2.05, 4.69) is 0 Å². The zero-order valence-electron chi connectivity index (χ0n) is 7.75. The molecule has 0 rings (SSSR count). The molecule has 0 fully saturated rings. The topological polar surface area (TPSA) is 71.4 Å². The second kappa shape index (κ2) is 72.0. The Kier molecular flexibility index (Phi) is 125. The molecule has 0 heterocycles. The molecule has 0 aliphatic carbocycles. The summed E-state index contributed by atoms with van der Waals surface area (Å²) in [5.74, 6) is 0. The predicted molar refractivity (Wildman–Crippen MR) is 54.7 cm³/mol. The molecule has 0 amide bonds. The van der Waals surface area contributed by atoms with Gasteiger partial charge in [0.2, 0.25) is 0 Å². The summed E-state index contributed by atoms with van der Waals surface area (Å²) in [5, 5.41) is 22.0. The molecule has 0 saturated carbocycles. The minimum Gasteiger partial charge on any atom is -0.199 e. The summed E-state index contributed by atoms with van der Waals surface area (Å²) in [7, 11) is 0. The Morgan fingerprint density at radius 2 is 0.846 bits per heavy atom. The van der Waals surface area contributed by atoms with Crippen LogP contribution < -0.4 is 0 Å². The third kappa shape index (κ3) is 18900. The highest BCUT2D eigenvalue weighted by atomic mass is 35.5. The van der Waals surface area contributed by atoms with Gasteiger partial charge in [-0.25, -0.2) is 0 Å². The summed E-state index contributed by atoms with van der Waals surface area (Å²) < 4.78 is 0. The van der Waals surface area contributed by atoms with E-state index in [1.54, 1.807) is 18.2 Å². The monoisotopic (exact) mass is 219 g/mol. The van der Waals surface area contributed by atoms with Crippen molar-refractivity contribution in [3.8, 4) is 18.2 Å². The van der Waals surface area contributed by atoms with Crippen LogP contribution >= 0.6 is 23.2 Å². The van der Waals surface area contributed by atoms with E-state index in [0.717, 1.165) is 0 Å². The molecule has 0 aromatic rings. The number of hydrogen-bond acceptors (Lipinski definition) is 3. The smallest absolute Gasteiger partial charge is 0.0587 e. The van der Waals surface area contributed by atoms with Crippen LogP contribution in [-0.4, -0.2) is 0 Å². The number of nitriles is 3. The van der Waals surface area contributed by atoms with Gasteiger partial charge in [-0.3, -0.25) is 0 Å². The second-order valence-electron chi connectivity index (χ2n) is 0.923. The maximum absolute atomic E-state index is 7.32. The molecule has 0 radical (unpaired) electrons. The quantitative estimate of drug-likeness (QED) is 0.626. The number of hydrogen-bond donors (Lipinski definition) is 0. The highest BCUT2D eigenvalue weighted by Crippen LogP contribution is 1.78. The Hall–Kier alpha value is -1.21. The van der Waals surface area contributed by atoms with Gasteiger partial charge in [-0.2, -0.15) is 15.8 Å². The molecule has 5 heteroatoms. The fourth-order valence-electron chi connectivity index (χ4n) is 0. The van der Waals surface area contributed by atoms with Crippen LogP contribution in [0.5, 0.6) is 0 Å². The molecule has 0 aliphatic rings. The molecule has 0 aliphatic heterocycles. The molecular formula is C8H11Cl2N3. The van der Waals surface area contributed by atoms with E-state index in [-0.39, 0.29) is 0 Å². The van der Waals surface area contributed by atoms with Crippen LogP contribution in [0.3, 0.4) is 0 Å². The summed E-state index contributed by atoms with van der Waals surface area (Å²) >= 11 is 9.75. The van der Waals surface area contributed by atoms with Crippen LogP contribution in [0.2, 0.25) is 0 Å². The highest BCUT2D eigenvalue weighted by Gasteiger charge is 1.40. The first-order valence-corrected chi connectivity index (χ1v) is 3.81. The van der Waals surface area contributed by atoms with E-state index in [0.29, 0.717) is 0 Å². The van der Waals surface area contributed by atoms with Crippen molar-refractivity contribution in [1.82, 2.24) is 0 Å². The summed E-state index contributed by atoms with van der Waals surface area (Å²) in [6.45, 7) is 4.29. The molecule has 0 bridgehead atoms. The third-order valence-corrected chi connectivity index (χ3v) is 0.429. The lowest BCUT2D eigenvalue weighted by Gasteiger charge is -1.44. The van der Waals surface area contributed by atoms with E-state index in [1.165, 1.54) is 31.8 Å². The number of rotatable bonds is 0. The van der Waals surface area contributed by atoms with Gasteiger partial charge in [0.25, 0.3) is 0 Å². The molecule has 0 aromatic carbocycles. The largest absolute Gasteiger partial charge is 0.199 e. The molecule has 0 aromatic heterocycles. The van der Waals surface area contributed by atoms with Crippen LogP contribution in [0.25, 0.3) is 0 Å². The molecular weight excluding hydrogens is 209 g/mol. The van der Waals surface area contributed by atoms with Crippen molar-refractivity contribution in [2.75, 3.05) is 0 Å². The Balaban J connectivity index is -0.0000000420. The van der Waals surface area contributed by atoms with Crippen molar-refractivity contribution >= 4 is 23.2 Å². The summed E-state index contributed by atoms with van der Waals surface area (Å²) in [4.78, 5) is 0. The van der Waals surface area contributed by atoms with E-state index in [1.807, 2.05) is 0 Å². The fraction of sp³-hybridized carbons (Fsp3) is 0.375. The molecule has 13 heavy (non-hydrogen) atoms. The third-order valence-electron chi connectivity index (χ3n) is 0.0476. The van der Waals surface area contributed by atoms with E-state index in [9.17, 15) is 0 Å². The van der Waals surface area contributed by atoms with Gasteiger partial charge in [-0.05, 0) is 0 Å². The van der Waals surface area contributed by atoms with Crippen molar-refractivity contribution in [2.24, 2.45) is 0 Å². The van der Waals surface area contributed by atoms with Crippen LogP contribution in [0, 0.1) is 34.0 Å². The summed E-state index contributed by atoms with van der Waals surface area (Å²) in [6.07, 6.45) is 0. The molecule has 0 unspecified atom stereocenters. The SMILES string of the molecule is CC#N.CC#N.CC#N.ClC=CCl. The van der Waals surface area contributed by atoms with Crippen LogP contribution in [0.1, 0.15) is 20.8 Å². The lowest BCUT2D eigenvalue weighted by molar-refractivity contribution is 1.49. The van der Waals surface area contributed by atoms with Crippen molar-refractivity contribution in [3.05, 3.63) is 11.1 Å². The van der Waals surface area contributed by atoms with Crippen LogP contribution in [-0.2, 0) is 0 Å². The minimum absolute atomic E-state index is 1.24. The maximum atomic E-state index is 7.32. The van der Waals surface area contributed by atoms with E-state index < -0.39 is 0 Å². The average Bonchev–Trinajstić information content (AvgIpc) is 2.08. The summed E-state index contributed by atoms with van der Waals surface area (Å²) in [5.41, 5.74) is 2.48. The van der Waals surface area contributed by atoms with Gasteiger partial charge in [0.05, 0.1) is 18.2 Å².